The number of carbonyl (C=O) groups excluding carboxylic acids is 1. The van der Waals surface area contributed by atoms with Crippen LogP contribution < -0.4 is 16.6 Å². The molecule has 9 heteroatoms. The van der Waals surface area contributed by atoms with Crippen LogP contribution >= 0.6 is 11.3 Å². The fourth-order valence-electron chi connectivity index (χ4n) is 1.52. The molecule has 8 nitrogen and oxygen atoms in total. The number of aromatic nitrogens is 2. The van der Waals surface area contributed by atoms with E-state index in [0.717, 1.165) is 17.5 Å². The fraction of sp³-hybridized carbons (Fsp3) is 0.0909. The number of nitrogens with one attached hydrogen (secondary N) is 3. The zero-order valence-corrected chi connectivity index (χ0v) is 11.0. The van der Waals surface area contributed by atoms with Crippen molar-refractivity contribution in [2.45, 2.75) is 6.92 Å². The summed E-state index contributed by atoms with van der Waals surface area (Å²) in [7, 11) is 0. The molecular weight excluding hydrogens is 286 g/mol. The van der Waals surface area contributed by atoms with Crippen LogP contribution in [0.2, 0.25) is 0 Å². The highest BCUT2D eigenvalue weighted by atomic mass is 32.1. The van der Waals surface area contributed by atoms with E-state index in [4.69, 9.17) is 5.11 Å². The number of anilines is 1. The highest BCUT2D eigenvalue weighted by molar-refractivity contribution is 7.12. The zero-order valence-electron chi connectivity index (χ0n) is 10.1. The molecule has 2 aromatic heterocycles. The fourth-order valence-corrected chi connectivity index (χ4v) is 2.36. The summed E-state index contributed by atoms with van der Waals surface area (Å²) in [6.07, 6.45) is 0.971. The van der Waals surface area contributed by atoms with E-state index in [1.165, 1.54) is 0 Å². The van der Waals surface area contributed by atoms with Crippen molar-refractivity contribution in [1.82, 2.24) is 9.97 Å². The van der Waals surface area contributed by atoms with Crippen molar-refractivity contribution >= 4 is 28.9 Å². The van der Waals surface area contributed by atoms with Crippen LogP contribution in [0.1, 0.15) is 25.6 Å². The lowest BCUT2D eigenvalue weighted by Crippen LogP contribution is -2.30. The second-order valence-electron chi connectivity index (χ2n) is 3.87. The molecule has 0 bridgehead atoms. The first-order chi connectivity index (χ1) is 9.40. The van der Waals surface area contributed by atoms with Gasteiger partial charge < -0.3 is 15.4 Å². The maximum Gasteiger partial charge on any atom is 0.348 e. The average Bonchev–Trinajstić information content (AvgIpc) is 2.71. The van der Waals surface area contributed by atoms with E-state index in [0.29, 0.717) is 5.56 Å². The van der Waals surface area contributed by atoms with Crippen molar-refractivity contribution in [3.63, 3.8) is 0 Å². The molecule has 0 saturated heterocycles. The Morgan fingerprint density at radius 3 is 2.65 bits per heavy atom. The lowest BCUT2D eigenvalue weighted by atomic mass is 10.2. The van der Waals surface area contributed by atoms with Gasteiger partial charge in [0.2, 0.25) is 0 Å². The van der Waals surface area contributed by atoms with E-state index in [-0.39, 0.29) is 16.1 Å². The van der Waals surface area contributed by atoms with E-state index in [1.54, 1.807) is 12.3 Å². The minimum Gasteiger partial charge on any atom is -0.477 e. The Labute approximate surface area is 115 Å². The summed E-state index contributed by atoms with van der Waals surface area (Å²) in [5.74, 6) is -1.97. The van der Waals surface area contributed by atoms with Gasteiger partial charge in [-0.05, 0) is 17.9 Å². The van der Waals surface area contributed by atoms with E-state index in [1.807, 2.05) is 4.98 Å². The van der Waals surface area contributed by atoms with Crippen LogP contribution in [0.15, 0.2) is 21.2 Å². The molecule has 0 spiro atoms. The molecule has 2 aromatic rings. The Hall–Kier alpha value is -2.68. The summed E-state index contributed by atoms with van der Waals surface area (Å²) < 4.78 is 0. The van der Waals surface area contributed by atoms with Crippen molar-refractivity contribution in [3.8, 4) is 0 Å². The van der Waals surface area contributed by atoms with Crippen LogP contribution in [0.4, 0.5) is 5.69 Å². The number of hydrogen-bond acceptors (Lipinski definition) is 5. The maximum atomic E-state index is 11.9. The number of carbonyl (C=O) groups is 2. The van der Waals surface area contributed by atoms with Gasteiger partial charge in [0.05, 0.1) is 5.69 Å². The Kier molecular flexibility index (Phi) is 3.53. The van der Waals surface area contributed by atoms with Crippen LogP contribution in [-0.2, 0) is 0 Å². The molecule has 0 aliphatic heterocycles. The predicted octanol–water partition coefficient (Wildman–Crippen LogP) is 0.384. The van der Waals surface area contributed by atoms with Gasteiger partial charge in [-0.2, -0.15) is 0 Å². The van der Waals surface area contributed by atoms with Crippen LogP contribution in [0.3, 0.4) is 0 Å². The van der Waals surface area contributed by atoms with Crippen LogP contribution in [-0.4, -0.2) is 27.0 Å². The van der Waals surface area contributed by atoms with Crippen molar-refractivity contribution < 1.29 is 14.7 Å². The van der Waals surface area contributed by atoms with E-state index in [2.05, 4.69) is 10.3 Å². The standard InChI is InChI=1S/C11H9N3O5S/c1-4-3-20-7(10(17)18)6(4)13-8(15)5-2-12-11(19)14-9(5)16/h2-3H,1H3,(H,13,15)(H,17,18)(H2,12,14,16,19). The number of aryl methyl sites for hydroxylation is 1. The van der Waals surface area contributed by atoms with Gasteiger partial charge in [0.15, 0.2) is 0 Å². The van der Waals surface area contributed by atoms with Crippen molar-refractivity contribution in [2.24, 2.45) is 0 Å². The van der Waals surface area contributed by atoms with Gasteiger partial charge in [-0.3, -0.25) is 14.6 Å². The molecule has 4 N–H and O–H groups in total. The third-order valence-corrected chi connectivity index (χ3v) is 3.56. The van der Waals surface area contributed by atoms with Gasteiger partial charge in [-0.1, -0.05) is 0 Å². The molecule has 0 aromatic carbocycles. The third-order valence-electron chi connectivity index (χ3n) is 2.47. The molecule has 0 fully saturated rings. The number of H-pyrrole nitrogens is 2. The summed E-state index contributed by atoms with van der Waals surface area (Å²) in [6, 6.07) is 0. The Morgan fingerprint density at radius 1 is 1.35 bits per heavy atom. The summed E-state index contributed by atoms with van der Waals surface area (Å²) in [5, 5.41) is 12.9. The van der Waals surface area contributed by atoms with Gasteiger partial charge in [0.25, 0.3) is 11.5 Å². The topological polar surface area (TPSA) is 132 Å². The molecule has 0 unspecified atom stereocenters. The largest absolute Gasteiger partial charge is 0.477 e. The van der Waals surface area contributed by atoms with Crippen LogP contribution in [0, 0.1) is 6.92 Å². The lowest BCUT2D eigenvalue weighted by molar-refractivity contribution is 0.0703. The minimum absolute atomic E-state index is 0.0308. The molecular formula is C11H9N3O5S. The molecule has 20 heavy (non-hydrogen) atoms. The number of carboxylic acids is 1. The Balaban J connectivity index is 2.37. The number of thiophene rings is 1. The summed E-state index contributed by atoms with van der Waals surface area (Å²) in [6.45, 7) is 1.63. The van der Waals surface area contributed by atoms with Gasteiger partial charge >= 0.3 is 11.7 Å². The highest BCUT2D eigenvalue weighted by Gasteiger charge is 2.19. The first-order valence-corrected chi connectivity index (χ1v) is 6.23. The predicted molar refractivity (Wildman–Crippen MR) is 71.7 cm³/mol. The smallest absolute Gasteiger partial charge is 0.348 e. The number of aromatic carboxylic acids is 1. The summed E-state index contributed by atoms with van der Waals surface area (Å²) >= 11 is 0.970. The van der Waals surface area contributed by atoms with Crippen LogP contribution in [0.25, 0.3) is 0 Å². The molecule has 2 heterocycles. The number of rotatable bonds is 3. The second kappa shape index (κ2) is 5.13. The Morgan fingerprint density at radius 2 is 2.05 bits per heavy atom. The first-order valence-electron chi connectivity index (χ1n) is 5.35. The molecule has 0 radical (unpaired) electrons. The molecule has 0 aliphatic rings. The third kappa shape index (κ3) is 2.52. The molecule has 0 atom stereocenters. The van der Waals surface area contributed by atoms with Gasteiger partial charge in [0, 0.05) is 6.20 Å². The maximum absolute atomic E-state index is 11.9. The number of amides is 1. The summed E-state index contributed by atoms with van der Waals surface area (Å²) in [4.78, 5) is 49.3. The van der Waals surface area contributed by atoms with Crippen molar-refractivity contribution in [2.75, 3.05) is 5.32 Å². The van der Waals surface area contributed by atoms with E-state index >= 15 is 0 Å². The van der Waals surface area contributed by atoms with Crippen LogP contribution in [0.5, 0.6) is 0 Å². The summed E-state index contributed by atoms with van der Waals surface area (Å²) in [5.41, 5.74) is -1.19. The number of hydrogen-bond donors (Lipinski definition) is 4. The normalized spacial score (nSPS) is 10.2. The molecule has 1 amide bonds. The van der Waals surface area contributed by atoms with E-state index < -0.39 is 23.1 Å². The van der Waals surface area contributed by atoms with Gasteiger partial charge in [0.1, 0.15) is 10.4 Å². The molecule has 0 saturated carbocycles. The molecule has 2 rings (SSSR count). The quantitative estimate of drug-likeness (QED) is 0.650. The molecule has 0 aliphatic carbocycles. The SMILES string of the molecule is Cc1csc(C(=O)O)c1NC(=O)c1c[nH]c(=O)[nH]c1=O. The lowest BCUT2D eigenvalue weighted by Gasteiger charge is -2.05. The van der Waals surface area contributed by atoms with E-state index in [9.17, 15) is 19.2 Å². The van der Waals surface area contributed by atoms with Crippen molar-refractivity contribution in [1.29, 1.82) is 0 Å². The number of carboxylic acid groups (broad SMARTS) is 1. The van der Waals surface area contributed by atoms with Gasteiger partial charge in [-0.25, -0.2) is 9.59 Å². The monoisotopic (exact) mass is 295 g/mol. The minimum atomic E-state index is -1.17. The zero-order chi connectivity index (χ0) is 14.9. The van der Waals surface area contributed by atoms with Gasteiger partial charge in [-0.15, -0.1) is 11.3 Å². The second-order valence-corrected chi connectivity index (χ2v) is 4.75. The highest BCUT2D eigenvalue weighted by Crippen LogP contribution is 2.27. The first kappa shape index (κ1) is 13.7. The Bertz CT molecular complexity index is 801. The molecule has 104 valence electrons. The van der Waals surface area contributed by atoms with Crippen molar-refractivity contribution in [3.05, 3.63) is 48.4 Å². The average molecular weight is 295 g/mol. The number of aromatic amines is 2.